The van der Waals surface area contributed by atoms with E-state index < -0.39 is 0 Å². The Bertz CT molecular complexity index is 324. The number of nitrogens with zero attached hydrogens (tertiary/aromatic N) is 1. The van der Waals surface area contributed by atoms with E-state index in [1.807, 2.05) is 4.90 Å². The molecule has 0 radical (unpaired) electrons. The summed E-state index contributed by atoms with van der Waals surface area (Å²) in [6.07, 6.45) is 2.78. The number of nitrogens with two attached hydrogens (primary N) is 1. The Hall–Kier alpha value is -0.810. The van der Waals surface area contributed by atoms with Crippen molar-refractivity contribution >= 4 is 24.2 Å². The van der Waals surface area contributed by atoms with Gasteiger partial charge < -0.3 is 16.0 Å². The molecule has 0 aromatic heterocycles. The van der Waals surface area contributed by atoms with E-state index in [9.17, 15) is 9.59 Å². The van der Waals surface area contributed by atoms with Crippen LogP contribution in [-0.4, -0.2) is 42.4 Å². The highest BCUT2D eigenvalue weighted by Crippen LogP contribution is 2.17. The van der Waals surface area contributed by atoms with Gasteiger partial charge in [-0.2, -0.15) is 0 Å². The smallest absolute Gasteiger partial charge is 0.239 e. The van der Waals surface area contributed by atoms with Crippen LogP contribution in [0.25, 0.3) is 0 Å². The maximum absolute atomic E-state index is 12.2. The zero-order valence-electron chi connectivity index (χ0n) is 12.7. The molecule has 2 atom stereocenters. The third-order valence-corrected chi connectivity index (χ3v) is 3.51. The van der Waals surface area contributed by atoms with Crippen molar-refractivity contribution < 1.29 is 9.59 Å². The number of rotatable bonds is 5. The standard InChI is InChI=1S/C14H27N3O2.ClH/c1-10(2)7-13(15)14(19)17-6-4-5-12(9-17)8-16-11(3)18;/h10,12-13H,4-9,15H2,1-3H3,(H,16,18);1H/t12?,13-;/m0./s1. The fourth-order valence-electron chi connectivity index (χ4n) is 2.56. The molecule has 0 saturated carbocycles. The third-order valence-electron chi connectivity index (χ3n) is 3.51. The second-order valence-electron chi connectivity index (χ2n) is 5.97. The van der Waals surface area contributed by atoms with E-state index in [0.29, 0.717) is 24.9 Å². The average Bonchev–Trinajstić information content (AvgIpc) is 2.35. The van der Waals surface area contributed by atoms with Crippen LogP contribution in [0.15, 0.2) is 0 Å². The van der Waals surface area contributed by atoms with Crippen molar-refractivity contribution in [2.24, 2.45) is 17.6 Å². The molecule has 118 valence electrons. The highest BCUT2D eigenvalue weighted by Gasteiger charge is 2.27. The molecule has 0 aliphatic carbocycles. The number of piperidine rings is 1. The van der Waals surface area contributed by atoms with Crippen LogP contribution < -0.4 is 11.1 Å². The molecule has 3 N–H and O–H groups in total. The lowest BCUT2D eigenvalue weighted by molar-refractivity contribution is -0.134. The first kappa shape index (κ1) is 19.2. The van der Waals surface area contributed by atoms with Crippen LogP contribution in [0.5, 0.6) is 0 Å². The third kappa shape index (κ3) is 6.57. The van der Waals surface area contributed by atoms with Gasteiger partial charge in [-0.3, -0.25) is 9.59 Å². The van der Waals surface area contributed by atoms with E-state index in [-0.39, 0.29) is 30.3 Å². The summed E-state index contributed by atoms with van der Waals surface area (Å²) in [5.41, 5.74) is 5.96. The van der Waals surface area contributed by atoms with Crippen molar-refractivity contribution in [3.05, 3.63) is 0 Å². The molecule has 1 aliphatic heterocycles. The SMILES string of the molecule is CC(=O)NCC1CCCN(C(=O)[C@@H](N)CC(C)C)C1.Cl. The molecule has 0 spiro atoms. The van der Waals surface area contributed by atoms with E-state index >= 15 is 0 Å². The number of nitrogens with one attached hydrogen (secondary N) is 1. The van der Waals surface area contributed by atoms with Crippen LogP contribution >= 0.6 is 12.4 Å². The summed E-state index contributed by atoms with van der Waals surface area (Å²) < 4.78 is 0. The Kier molecular flexibility index (Phi) is 8.81. The maximum atomic E-state index is 12.2. The molecule has 1 fully saturated rings. The molecule has 2 amide bonds. The van der Waals surface area contributed by atoms with Crippen LogP contribution in [-0.2, 0) is 9.59 Å². The Labute approximate surface area is 128 Å². The lowest BCUT2D eigenvalue weighted by Crippen LogP contribution is -2.49. The molecule has 1 unspecified atom stereocenters. The highest BCUT2D eigenvalue weighted by molar-refractivity contribution is 5.85. The molecule has 1 heterocycles. The van der Waals surface area contributed by atoms with Crippen molar-refractivity contribution in [3.8, 4) is 0 Å². The predicted molar refractivity (Wildman–Crippen MR) is 82.7 cm³/mol. The Balaban J connectivity index is 0.00000361. The van der Waals surface area contributed by atoms with Crippen molar-refractivity contribution in [1.29, 1.82) is 0 Å². The second-order valence-corrected chi connectivity index (χ2v) is 5.97. The summed E-state index contributed by atoms with van der Waals surface area (Å²) in [6.45, 7) is 7.82. The largest absolute Gasteiger partial charge is 0.356 e. The summed E-state index contributed by atoms with van der Waals surface area (Å²) in [5.74, 6) is 0.827. The Morgan fingerprint density at radius 1 is 1.40 bits per heavy atom. The molecule has 1 rings (SSSR count). The average molecular weight is 306 g/mol. The topological polar surface area (TPSA) is 75.4 Å². The Morgan fingerprint density at radius 3 is 2.60 bits per heavy atom. The number of carbonyl (C=O) groups is 2. The van der Waals surface area contributed by atoms with Crippen LogP contribution in [0.4, 0.5) is 0 Å². The second kappa shape index (κ2) is 9.19. The van der Waals surface area contributed by atoms with E-state index in [4.69, 9.17) is 5.73 Å². The number of carbonyl (C=O) groups excluding carboxylic acids is 2. The van der Waals surface area contributed by atoms with Gasteiger partial charge in [0.2, 0.25) is 11.8 Å². The monoisotopic (exact) mass is 305 g/mol. The van der Waals surface area contributed by atoms with Gasteiger partial charge in [0.25, 0.3) is 0 Å². The zero-order chi connectivity index (χ0) is 14.4. The maximum Gasteiger partial charge on any atom is 0.239 e. The lowest BCUT2D eigenvalue weighted by Gasteiger charge is -2.34. The van der Waals surface area contributed by atoms with Gasteiger partial charge >= 0.3 is 0 Å². The molecule has 1 saturated heterocycles. The molecular weight excluding hydrogens is 278 g/mol. The summed E-state index contributed by atoms with van der Waals surface area (Å²) in [6, 6.07) is -0.389. The fraction of sp³-hybridized carbons (Fsp3) is 0.857. The minimum absolute atomic E-state index is 0. The van der Waals surface area contributed by atoms with Crippen LogP contribution in [0.2, 0.25) is 0 Å². The van der Waals surface area contributed by atoms with E-state index in [0.717, 1.165) is 25.8 Å². The minimum atomic E-state index is -0.389. The van der Waals surface area contributed by atoms with Gasteiger partial charge in [0, 0.05) is 26.6 Å². The molecule has 0 bridgehead atoms. The molecule has 0 aromatic rings. The molecule has 20 heavy (non-hydrogen) atoms. The molecule has 1 aliphatic rings. The molecule has 5 nitrogen and oxygen atoms in total. The number of halogens is 1. The predicted octanol–water partition coefficient (Wildman–Crippen LogP) is 1.16. The van der Waals surface area contributed by atoms with Crippen molar-refractivity contribution in [3.63, 3.8) is 0 Å². The zero-order valence-corrected chi connectivity index (χ0v) is 13.5. The van der Waals surface area contributed by atoms with Crippen molar-refractivity contribution in [2.75, 3.05) is 19.6 Å². The number of likely N-dealkylation sites (tertiary alicyclic amines) is 1. The van der Waals surface area contributed by atoms with E-state index in [1.54, 1.807) is 0 Å². The minimum Gasteiger partial charge on any atom is -0.356 e. The van der Waals surface area contributed by atoms with Crippen molar-refractivity contribution in [1.82, 2.24) is 10.2 Å². The van der Waals surface area contributed by atoms with Gasteiger partial charge in [-0.15, -0.1) is 12.4 Å². The van der Waals surface area contributed by atoms with Gasteiger partial charge in [0.1, 0.15) is 0 Å². The summed E-state index contributed by atoms with van der Waals surface area (Å²) >= 11 is 0. The molecular formula is C14H28ClN3O2. The quantitative estimate of drug-likeness (QED) is 0.800. The Morgan fingerprint density at radius 2 is 2.05 bits per heavy atom. The first-order chi connectivity index (χ1) is 8.90. The number of hydrogen-bond acceptors (Lipinski definition) is 3. The van der Waals surface area contributed by atoms with Gasteiger partial charge in [-0.25, -0.2) is 0 Å². The van der Waals surface area contributed by atoms with Crippen LogP contribution in [0.1, 0.15) is 40.0 Å². The van der Waals surface area contributed by atoms with Crippen molar-refractivity contribution in [2.45, 2.75) is 46.1 Å². The fourth-order valence-corrected chi connectivity index (χ4v) is 2.56. The van der Waals surface area contributed by atoms with Crippen LogP contribution in [0.3, 0.4) is 0 Å². The first-order valence-corrected chi connectivity index (χ1v) is 7.19. The van der Waals surface area contributed by atoms with E-state index in [2.05, 4.69) is 19.2 Å². The number of hydrogen-bond donors (Lipinski definition) is 2. The normalized spacial score (nSPS) is 20.2. The van der Waals surface area contributed by atoms with Gasteiger partial charge in [0.15, 0.2) is 0 Å². The van der Waals surface area contributed by atoms with Gasteiger partial charge in [0.05, 0.1) is 6.04 Å². The highest BCUT2D eigenvalue weighted by atomic mass is 35.5. The lowest BCUT2D eigenvalue weighted by atomic mass is 9.96. The van der Waals surface area contributed by atoms with Gasteiger partial charge in [-0.1, -0.05) is 13.8 Å². The van der Waals surface area contributed by atoms with E-state index in [1.165, 1.54) is 6.92 Å². The first-order valence-electron chi connectivity index (χ1n) is 7.19. The van der Waals surface area contributed by atoms with Gasteiger partial charge in [-0.05, 0) is 31.1 Å². The molecule has 0 aromatic carbocycles. The summed E-state index contributed by atoms with van der Waals surface area (Å²) in [5, 5.41) is 2.83. The summed E-state index contributed by atoms with van der Waals surface area (Å²) in [7, 11) is 0. The number of amides is 2. The summed E-state index contributed by atoms with van der Waals surface area (Å²) in [4.78, 5) is 25.0. The van der Waals surface area contributed by atoms with Crippen LogP contribution in [0, 0.1) is 11.8 Å². The molecule has 6 heteroatoms.